The van der Waals surface area contributed by atoms with Gasteiger partial charge in [-0.15, -0.1) is 0 Å². The van der Waals surface area contributed by atoms with Crippen molar-refractivity contribution in [2.45, 2.75) is 23.8 Å². The third-order valence-corrected chi connectivity index (χ3v) is 6.17. The molecule has 26 heavy (non-hydrogen) atoms. The van der Waals surface area contributed by atoms with E-state index in [2.05, 4.69) is 4.90 Å². The van der Waals surface area contributed by atoms with E-state index >= 15 is 0 Å². The average molecular weight is 354 g/mol. The lowest BCUT2D eigenvalue weighted by atomic mass is 9.90. The van der Waals surface area contributed by atoms with Crippen LogP contribution >= 0.6 is 0 Å². The second-order valence-corrected chi connectivity index (χ2v) is 7.47. The van der Waals surface area contributed by atoms with Gasteiger partial charge in [0.2, 0.25) is 6.41 Å². The van der Waals surface area contributed by atoms with Gasteiger partial charge in [0, 0.05) is 26.2 Å². The van der Waals surface area contributed by atoms with Crippen LogP contribution < -0.4 is 0 Å². The first-order valence-electron chi connectivity index (χ1n) is 9.12. The van der Waals surface area contributed by atoms with Crippen LogP contribution in [0.5, 0.6) is 0 Å². The molecule has 2 aromatic carbocycles. The van der Waals surface area contributed by atoms with E-state index in [4.69, 9.17) is 0 Å². The van der Waals surface area contributed by atoms with Crippen molar-refractivity contribution in [2.24, 2.45) is 0 Å². The molecule has 3 nitrogen and oxygen atoms in total. The van der Waals surface area contributed by atoms with Crippen LogP contribution in [0.2, 0.25) is 0 Å². The minimum atomic E-state index is -2.67. The molecule has 1 aliphatic heterocycles. The zero-order chi connectivity index (χ0) is 17.9. The number of nitrogens with zero attached hydrogens (tertiary/aromatic N) is 2. The smallest absolute Gasteiger partial charge is 0.263 e. The summed E-state index contributed by atoms with van der Waals surface area (Å²) < 4.78 is 29.3. The van der Waals surface area contributed by atoms with Crippen molar-refractivity contribution in [1.82, 2.24) is 9.80 Å². The number of alkyl halides is 2. The summed E-state index contributed by atoms with van der Waals surface area (Å²) in [4.78, 5) is 15.1. The second-order valence-electron chi connectivity index (χ2n) is 7.47. The minimum absolute atomic E-state index is 0.0280. The summed E-state index contributed by atoms with van der Waals surface area (Å²) in [5.41, 5.74) is 3.54. The third kappa shape index (κ3) is 2.16. The number of hydrogen-bond acceptors (Lipinski definition) is 2. The highest BCUT2D eigenvalue weighted by atomic mass is 19.3. The average Bonchev–Trinajstić information content (AvgIpc) is 3.28. The zero-order valence-electron chi connectivity index (χ0n) is 14.3. The van der Waals surface area contributed by atoms with Crippen LogP contribution in [0, 0.1) is 0 Å². The van der Waals surface area contributed by atoms with Gasteiger partial charge in [-0.1, -0.05) is 48.5 Å². The van der Waals surface area contributed by atoms with Gasteiger partial charge >= 0.3 is 0 Å². The highest BCUT2D eigenvalue weighted by Crippen LogP contribution is 2.70. The van der Waals surface area contributed by atoms with E-state index in [9.17, 15) is 13.6 Å². The molecule has 0 N–H and O–H groups in total. The highest BCUT2D eigenvalue weighted by Gasteiger charge is 2.71. The second kappa shape index (κ2) is 5.61. The van der Waals surface area contributed by atoms with Gasteiger partial charge in [-0.05, 0) is 22.3 Å². The Kier molecular flexibility index (Phi) is 3.44. The van der Waals surface area contributed by atoms with Crippen LogP contribution in [0.25, 0.3) is 0 Å². The first-order valence-corrected chi connectivity index (χ1v) is 9.12. The molecule has 1 saturated carbocycles. The van der Waals surface area contributed by atoms with E-state index in [1.54, 1.807) is 4.90 Å². The summed E-state index contributed by atoms with van der Waals surface area (Å²) in [6.07, 6.45) is 0.891. The monoisotopic (exact) mass is 354 g/mol. The summed E-state index contributed by atoms with van der Waals surface area (Å²) in [6, 6.07) is 15.3. The molecule has 1 heterocycles. The number of hydrogen-bond donors (Lipinski definition) is 0. The summed E-state index contributed by atoms with van der Waals surface area (Å²) >= 11 is 0. The van der Waals surface area contributed by atoms with Crippen LogP contribution in [0.1, 0.15) is 40.1 Å². The minimum Gasteiger partial charge on any atom is -0.343 e. The summed E-state index contributed by atoms with van der Waals surface area (Å²) in [5.74, 6) is -4.12. The number of amides is 1. The Morgan fingerprint density at radius 1 is 0.808 bits per heavy atom. The quantitative estimate of drug-likeness (QED) is 0.772. The van der Waals surface area contributed by atoms with E-state index < -0.39 is 17.8 Å². The van der Waals surface area contributed by atoms with Gasteiger partial charge in [0.05, 0.1) is 17.9 Å². The molecule has 1 unspecified atom stereocenters. The van der Waals surface area contributed by atoms with Crippen molar-refractivity contribution in [1.29, 1.82) is 0 Å². The Bertz CT molecular complexity index is 805. The van der Waals surface area contributed by atoms with Gasteiger partial charge < -0.3 is 4.90 Å². The van der Waals surface area contributed by atoms with E-state index in [0.717, 1.165) is 41.8 Å². The Balaban J connectivity index is 1.65. The molecule has 134 valence electrons. The highest BCUT2D eigenvalue weighted by molar-refractivity contribution is 5.56. The fraction of sp³-hybridized carbons (Fsp3) is 0.381. The predicted molar refractivity (Wildman–Crippen MR) is 94.4 cm³/mol. The first-order chi connectivity index (χ1) is 12.6. The third-order valence-electron chi connectivity index (χ3n) is 6.17. The number of carbonyl (C=O) groups excluding carboxylic acids is 1. The van der Waals surface area contributed by atoms with Crippen molar-refractivity contribution < 1.29 is 13.6 Å². The van der Waals surface area contributed by atoms with Crippen molar-refractivity contribution in [3.05, 3.63) is 70.8 Å². The van der Waals surface area contributed by atoms with Gasteiger partial charge in [0.1, 0.15) is 0 Å². The van der Waals surface area contributed by atoms with Gasteiger partial charge in [0.15, 0.2) is 0 Å². The molecule has 2 fully saturated rings. The van der Waals surface area contributed by atoms with Crippen LogP contribution in [0.15, 0.2) is 48.5 Å². The summed E-state index contributed by atoms with van der Waals surface area (Å²) in [6.45, 7) is 2.84. The molecule has 1 saturated heterocycles. The molecule has 0 bridgehead atoms. The molecule has 2 aromatic rings. The predicted octanol–water partition coefficient (Wildman–Crippen LogP) is 3.38. The van der Waals surface area contributed by atoms with E-state index in [1.807, 2.05) is 48.5 Å². The lowest BCUT2D eigenvalue weighted by Gasteiger charge is -2.39. The number of halogens is 2. The van der Waals surface area contributed by atoms with E-state index in [1.165, 1.54) is 0 Å². The first kappa shape index (κ1) is 15.9. The largest absolute Gasteiger partial charge is 0.343 e. The Morgan fingerprint density at radius 2 is 1.27 bits per heavy atom. The van der Waals surface area contributed by atoms with Crippen molar-refractivity contribution in [2.75, 3.05) is 26.2 Å². The van der Waals surface area contributed by atoms with Crippen molar-refractivity contribution in [3.63, 3.8) is 0 Å². The normalized spacial score (nSPS) is 29.2. The molecule has 1 amide bonds. The van der Waals surface area contributed by atoms with E-state index in [-0.39, 0.29) is 6.04 Å². The number of carbonyl (C=O) groups is 1. The molecule has 0 aromatic heterocycles. The standard InChI is InChI=1S/C21H20F2N2O/c22-21(23)18-14-5-1-3-7-16(14)20(25-11-9-24(13-26)10-12-25)17-8-4-2-6-15(17)19(18)21/h1-8,13,18-20H,9-12H2/t18-,19+,20?. The maximum Gasteiger partial charge on any atom is 0.263 e. The molecule has 3 atom stereocenters. The lowest BCUT2D eigenvalue weighted by Crippen LogP contribution is -2.47. The fourth-order valence-corrected chi connectivity index (χ4v) is 4.85. The molecular formula is C21H20F2N2O. The number of benzene rings is 2. The number of piperazine rings is 1. The molecule has 5 rings (SSSR count). The SMILES string of the molecule is O=CN1CCN(C2c3ccccc3[C@@H]3[C@H](c4ccccc42)C3(F)F)CC1. The Morgan fingerprint density at radius 3 is 1.73 bits per heavy atom. The van der Waals surface area contributed by atoms with Crippen LogP contribution in [-0.4, -0.2) is 48.3 Å². The summed E-state index contributed by atoms with van der Waals surface area (Å²) in [7, 11) is 0. The summed E-state index contributed by atoms with van der Waals surface area (Å²) in [5, 5.41) is 0. The molecule has 3 aliphatic rings. The van der Waals surface area contributed by atoms with Crippen LogP contribution in [-0.2, 0) is 4.79 Å². The van der Waals surface area contributed by atoms with E-state index in [0.29, 0.717) is 13.1 Å². The van der Waals surface area contributed by atoms with Crippen molar-refractivity contribution in [3.8, 4) is 0 Å². The maximum absolute atomic E-state index is 14.6. The zero-order valence-corrected chi connectivity index (χ0v) is 14.3. The molecule has 0 radical (unpaired) electrons. The molecule has 5 heteroatoms. The maximum atomic E-state index is 14.6. The number of fused-ring (bicyclic) bond motifs is 5. The fourth-order valence-electron chi connectivity index (χ4n) is 4.85. The van der Waals surface area contributed by atoms with Gasteiger partial charge in [-0.25, -0.2) is 8.78 Å². The van der Waals surface area contributed by atoms with Gasteiger partial charge in [0.25, 0.3) is 5.92 Å². The lowest BCUT2D eigenvalue weighted by molar-refractivity contribution is -0.119. The molecule has 0 spiro atoms. The van der Waals surface area contributed by atoms with Crippen LogP contribution in [0.4, 0.5) is 8.78 Å². The van der Waals surface area contributed by atoms with Gasteiger partial charge in [-0.2, -0.15) is 0 Å². The van der Waals surface area contributed by atoms with Crippen LogP contribution in [0.3, 0.4) is 0 Å². The Hall–Kier alpha value is -2.27. The van der Waals surface area contributed by atoms with Gasteiger partial charge in [-0.3, -0.25) is 9.69 Å². The topological polar surface area (TPSA) is 23.6 Å². The molecular weight excluding hydrogens is 334 g/mol. The Labute approximate surface area is 151 Å². The molecule has 2 aliphatic carbocycles. The van der Waals surface area contributed by atoms with Crippen molar-refractivity contribution >= 4 is 6.41 Å². The number of rotatable bonds is 2.